The molecule has 0 saturated carbocycles. The van der Waals surface area contributed by atoms with Crippen molar-refractivity contribution in [1.82, 2.24) is 0 Å². The molecule has 232 valence electrons. The molecule has 0 aromatic heterocycles. The fraction of sp³-hybridized carbons (Fsp3) is 0.667. The molecule has 0 amide bonds. The van der Waals surface area contributed by atoms with Crippen molar-refractivity contribution in [3.63, 3.8) is 0 Å². The smallest absolute Gasteiger partial charge is 0.468 e. The predicted octanol–water partition coefficient (Wildman–Crippen LogP) is 5.59. The van der Waals surface area contributed by atoms with Gasteiger partial charge in [-0.1, -0.05) is 40.7 Å². The summed E-state index contributed by atoms with van der Waals surface area (Å²) in [6.07, 6.45) is -2.37. The Labute approximate surface area is 243 Å². The molecule has 11 heteroatoms. The molecular weight excluding hydrogens is 534 g/mol. The van der Waals surface area contributed by atoms with Crippen LogP contribution in [-0.2, 0) is 35.0 Å². The standard InChI is InChI=1S/C30H47NO10/c1-11-29(8,9)25(32)37-15-14-30(31,26(33)36-10)17-22-12-13-23(40-27(34)38-20(6)18(2)3)24(16-22)41-28(35)39-21(7)19(4)5/h12-13,16,18-21H,11,14-15,17,31H2,1-10H3/t20-,21?,30+/m0/s1. The topological polar surface area (TPSA) is 150 Å². The Bertz CT molecular complexity index is 1050. The van der Waals surface area contributed by atoms with E-state index in [1.54, 1.807) is 33.8 Å². The number of methoxy groups -OCH3 is 1. The van der Waals surface area contributed by atoms with Crippen LogP contribution in [-0.4, -0.2) is 55.7 Å². The van der Waals surface area contributed by atoms with E-state index in [1.807, 2.05) is 34.6 Å². The summed E-state index contributed by atoms with van der Waals surface area (Å²) in [4.78, 5) is 50.0. The molecule has 1 unspecified atom stereocenters. The van der Waals surface area contributed by atoms with Gasteiger partial charge in [-0.15, -0.1) is 0 Å². The van der Waals surface area contributed by atoms with Crippen LogP contribution in [0.2, 0.25) is 0 Å². The number of esters is 2. The molecule has 1 aromatic rings. The molecule has 0 aliphatic heterocycles. The first-order valence-electron chi connectivity index (χ1n) is 13.9. The minimum atomic E-state index is -1.58. The van der Waals surface area contributed by atoms with Gasteiger partial charge in [0.25, 0.3) is 0 Å². The van der Waals surface area contributed by atoms with Crippen molar-refractivity contribution in [2.24, 2.45) is 23.0 Å². The Morgan fingerprint density at radius 1 is 0.829 bits per heavy atom. The van der Waals surface area contributed by atoms with Gasteiger partial charge in [-0.05, 0) is 63.6 Å². The Morgan fingerprint density at radius 2 is 1.34 bits per heavy atom. The van der Waals surface area contributed by atoms with Crippen LogP contribution in [0, 0.1) is 17.3 Å². The fourth-order valence-corrected chi connectivity index (χ4v) is 3.13. The van der Waals surface area contributed by atoms with Crippen LogP contribution < -0.4 is 15.2 Å². The largest absolute Gasteiger partial charge is 0.514 e. The molecule has 0 spiro atoms. The lowest BCUT2D eigenvalue weighted by Gasteiger charge is -2.28. The lowest BCUT2D eigenvalue weighted by Crippen LogP contribution is -2.51. The molecule has 41 heavy (non-hydrogen) atoms. The van der Waals surface area contributed by atoms with Gasteiger partial charge in [-0.3, -0.25) is 9.59 Å². The second kappa shape index (κ2) is 15.6. The normalized spacial score (nSPS) is 14.5. The Kier molecular flexibility index (Phi) is 13.6. The Hall–Kier alpha value is -3.34. The van der Waals surface area contributed by atoms with Gasteiger partial charge in [0.15, 0.2) is 11.5 Å². The zero-order valence-corrected chi connectivity index (χ0v) is 26.0. The van der Waals surface area contributed by atoms with E-state index >= 15 is 0 Å². The first kappa shape index (κ1) is 35.7. The van der Waals surface area contributed by atoms with Crippen molar-refractivity contribution in [1.29, 1.82) is 0 Å². The minimum Gasteiger partial charge on any atom is -0.468 e. The predicted molar refractivity (Wildman–Crippen MR) is 152 cm³/mol. The second-order valence-electron chi connectivity index (χ2n) is 11.6. The van der Waals surface area contributed by atoms with Crippen molar-refractivity contribution in [3.8, 4) is 11.5 Å². The molecule has 1 aromatic carbocycles. The fourth-order valence-electron chi connectivity index (χ4n) is 3.13. The third-order valence-corrected chi connectivity index (χ3v) is 7.17. The minimum absolute atomic E-state index is 0.0343. The van der Waals surface area contributed by atoms with Crippen molar-refractivity contribution in [3.05, 3.63) is 23.8 Å². The monoisotopic (exact) mass is 581 g/mol. The highest BCUT2D eigenvalue weighted by molar-refractivity contribution is 5.81. The first-order chi connectivity index (χ1) is 18.9. The summed E-state index contributed by atoms with van der Waals surface area (Å²) in [5.74, 6) is -1.27. The molecule has 0 bridgehead atoms. The maximum atomic E-state index is 12.7. The van der Waals surface area contributed by atoms with Crippen LogP contribution in [0.3, 0.4) is 0 Å². The molecule has 2 N–H and O–H groups in total. The van der Waals surface area contributed by atoms with Crippen LogP contribution in [0.5, 0.6) is 11.5 Å². The first-order valence-corrected chi connectivity index (χ1v) is 13.9. The SMILES string of the molecule is CCC(C)(C)C(=O)OCC[C@@](N)(Cc1ccc(OC(=O)O[C@@H](C)C(C)C)c(OC(=O)OC(C)C(C)C)c1)C(=O)OC. The number of carbonyl (C=O) groups excluding carboxylic acids is 4. The number of hydrogen-bond donors (Lipinski definition) is 1. The highest BCUT2D eigenvalue weighted by Gasteiger charge is 2.37. The molecule has 11 nitrogen and oxygen atoms in total. The summed E-state index contributed by atoms with van der Waals surface area (Å²) in [5.41, 5.74) is 4.65. The summed E-state index contributed by atoms with van der Waals surface area (Å²) >= 11 is 0. The number of nitrogens with two attached hydrogens (primary N) is 1. The third kappa shape index (κ3) is 11.2. The van der Waals surface area contributed by atoms with Gasteiger partial charge in [0, 0.05) is 12.8 Å². The Balaban J connectivity index is 3.26. The summed E-state index contributed by atoms with van der Waals surface area (Å²) in [5, 5.41) is 0. The van der Waals surface area contributed by atoms with Crippen molar-refractivity contribution in [2.75, 3.05) is 13.7 Å². The molecule has 3 atom stereocenters. The lowest BCUT2D eigenvalue weighted by atomic mass is 9.88. The lowest BCUT2D eigenvalue weighted by molar-refractivity contribution is -0.157. The summed E-state index contributed by atoms with van der Waals surface area (Å²) in [6, 6.07) is 4.36. The zero-order valence-electron chi connectivity index (χ0n) is 26.0. The van der Waals surface area contributed by atoms with Gasteiger partial charge in [0.1, 0.15) is 17.7 Å². The Morgan fingerprint density at radius 3 is 1.80 bits per heavy atom. The highest BCUT2D eigenvalue weighted by Crippen LogP contribution is 2.32. The molecule has 1 rings (SSSR count). The average molecular weight is 582 g/mol. The van der Waals surface area contributed by atoms with Gasteiger partial charge >= 0.3 is 24.2 Å². The average Bonchev–Trinajstić information content (AvgIpc) is 2.89. The van der Waals surface area contributed by atoms with E-state index in [0.29, 0.717) is 12.0 Å². The summed E-state index contributed by atoms with van der Waals surface area (Å²) in [7, 11) is 1.21. The zero-order chi connectivity index (χ0) is 31.5. The van der Waals surface area contributed by atoms with Gasteiger partial charge in [-0.2, -0.15) is 0 Å². The van der Waals surface area contributed by atoms with E-state index in [0.717, 1.165) is 0 Å². The van der Waals surface area contributed by atoms with E-state index in [-0.39, 0.29) is 42.8 Å². The van der Waals surface area contributed by atoms with Gasteiger partial charge in [-0.25, -0.2) is 9.59 Å². The van der Waals surface area contributed by atoms with Crippen molar-refractivity contribution >= 4 is 24.2 Å². The van der Waals surface area contributed by atoms with Gasteiger partial charge in [0.2, 0.25) is 0 Å². The highest BCUT2D eigenvalue weighted by atomic mass is 16.8. The number of rotatable bonds is 14. The van der Waals surface area contributed by atoms with E-state index in [2.05, 4.69) is 0 Å². The molecule has 0 aliphatic carbocycles. The molecule has 0 saturated heterocycles. The number of hydrogen-bond acceptors (Lipinski definition) is 11. The quantitative estimate of drug-likeness (QED) is 0.166. The summed E-state index contributed by atoms with van der Waals surface area (Å²) < 4.78 is 31.6. The number of carbonyl (C=O) groups is 4. The van der Waals surface area contributed by atoms with E-state index in [9.17, 15) is 19.2 Å². The molecule has 0 fully saturated rings. The van der Waals surface area contributed by atoms with E-state index in [4.69, 9.17) is 34.2 Å². The van der Waals surface area contributed by atoms with Crippen molar-refractivity contribution in [2.45, 2.75) is 99.3 Å². The van der Waals surface area contributed by atoms with Crippen LogP contribution in [0.15, 0.2) is 18.2 Å². The third-order valence-electron chi connectivity index (χ3n) is 7.17. The van der Waals surface area contributed by atoms with E-state index in [1.165, 1.54) is 19.2 Å². The van der Waals surface area contributed by atoms with Gasteiger partial charge < -0.3 is 34.2 Å². The summed E-state index contributed by atoms with van der Waals surface area (Å²) in [6.45, 7) is 16.3. The number of benzene rings is 1. The number of ether oxygens (including phenoxy) is 6. The van der Waals surface area contributed by atoms with Crippen molar-refractivity contribution < 1.29 is 47.6 Å². The van der Waals surface area contributed by atoms with Crippen LogP contribution >= 0.6 is 0 Å². The van der Waals surface area contributed by atoms with Gasteiger partial charge in [0.05, 0.1) is 19.1 Å². The molecule has 0 aliphatic rings. The van der Waals surface area contributed by atoms with Crippen LogP contribution in [0.4, 0.5) is 9.59 Å². The molecule has 0 heterocycles. The molecular formula is C30H47NO10. The second-order valence-corrected chi connectivity index (χ2v) is 11.6. The van der Waals surface area contributed by atoms with Crippen LogP contribution in [0.1, 0.15) is 80.7 Å². The van der Waals surface area contributed by atoms with Crippen LogP contribution in [0.25, 0.3) is 0 Å². The maximum Gasteiger partial charge on any atom is 0.514 e. The van der Waals surface area contributed by atoms with E-state index < -0.39 is 47.4 Å². The molecule has 0 radical (unpaired) electrons. The maximum absolute atomic E-state index is 12.7.